The number of benzene rings is 2. The summed E-state index contributed by atoms with van der Waals surface area (Å²) in [6.07, 6.45) is 0.112. The van der Waals surface area contributed by atoms with Crippen LogP contribution in [0, 0.1) is 6.92 Å². The molecule has 0 heterocycles. The Hall–Kier alpha value is -3.02. The summed E-state index contributed by atoms with van der Waals surface area (Å²) in [7, 11) is 0. The summed E-state index contributed by atoms with van der Waals surface area (Å²) in [5.41, 5.74) is 7.15. The van der Waals surface area contributed by atoms with Crippen molar-refractivity contribution in [3.05, 3.63) is 59.2 Å². The fraction of sp³-hybridized carbons (Fsp3) is 0.300. The number of hydrazine groups is 1. The van der Waals surface area contributed by atoms with E-state index in [4.69, 9.17) is 9.47 Å². The second-order valence-corrected chi connectivity index (χ2v) is 5.69. The average Bonchev–Trinajstić information content (AvgIpc) is 2.63. The smallest absolute Gasteiger partial charge is 0.269 e. The molecule has 0 aliphatic rings. The van der Waals surface area contributed by atoms with E-state index in [0.29, 0.717) is 30.3 Å². The molecule has 2 aromatic rings. The molecule has 0 bridgehead atoms. The number of aryl methyl sites for hydroxylation is 1. The zero-order valence-electron chi connectivity index (χ0n) is 15.3. The lowest BCUT2D eigenvalue weighted by atomic mass is 10.1. The molecule has 0 aromatic heterocycles. The Labute approximate surface area is 153 Å². The minimum atomic E-state index is -0.361. The highest BCUT2D eigenvalue weighted by Gasteiger charge is 2.11. The number of hydrogen-bond acceptors (Lipinski definition) is 4. The Morgan fingerprint density at radius 3 is 2.19 bits per heavy atom. The van der Waals surface area contributed by atoms with Gasteiger partial charge in [-0.3, -0.25) is 20.4 Å². The van der Waals surface area contributed by atoms with E-state index >= 15 is 0 Å². The van der Waals surface area contributed by atoms with Crippen molar-refractivity contribution >= 4 is 11.8 Å². The monoisotopic (exact) mass is 356 g/mol. The van der Waals surface area contributed by atoms with E-state index in [1.807, 2.05) is 32.9 Å². The van der Waals surface area contributed by atoms with E-state index in [-0.39, 0.29) is 18.2 Å². The van der Waals surface area contributed by atoms with Gasteiger partial charge in [0.15, 0.2) is 11.5 Å². The van der Waals surface area contributed by atoms with E-state index in [9.17, 15) is 9.59 Å². The van der Waals surface area contributed by atoms with Crippen LogP contribution in [0.1, 0.15) is 35.3 Å². The van der Waals surface area contributed by atoms with Crippen LogP contribution in [0.3, 0.4) is 0 Å². The summed E-state index contributed by atoms with van der Waals surface area (Å²) < 4.78 is 11.1. The van der Waals surface area contributed by atoms with Crippen LogP contribution in [0.5, 0.6) is 11.5 Å². The second-order valence-electron chi connectivity index (χ2n) is 5.69. The number of amides is 2. The predicted molar refractivity (Wildman–Crippen MR) is 99.3 cm³/mol. The molecule has 0 fully saturated rings. The van der Waals surface area contributed by atoms with Gasteiger partial charge in [-0.15, -0.1) is 0 Å². The van der Waals surface area contributed by atoms with E-state index < -0.39 is 0 Å². The first-order valence-electron chi connectivity index (χ1n) is 8.57. The molecule has 0 spiro atoms. The van der Waals surface area contributed by atoms with Crippen molar-refractivity contribution in [1.29, 1.82) is 0 Å². The van der Waals surface area contributed by atoms with Gasteiger partial charge < -0.3 is 9.47 Å². The molecular formula is C20H24N2O4. The van der Waals surface area contributed by atoms with Crippen molar-refractivity contribution < 1.29 is 19.1 Å². The topological polar surface area (TPSA) is 76.7 Å². The zero-order valence-corrected chi connectivity index (χ0v) is 15.3. The van der Waals surface area contributed by atoms with E-state index in [1.165, 1.54) is 0 Å². The van der Waals surface area contributed by atoms with Crippen LogP contribution < -0.4 is 20.3 Å². The first-order chi connectivity index (χ1) is 12.5. The van der Waals surface area contributed by atoms with Gasteiger partial charge in [0.25, 0.3) is 5.91 Å². The van der Waals surface area contributed by atoms with E-state index in [0.717, 1.165) is 11.1 Å². The molecule has 138 valence electrons. The number of ether oxygens (including phenoxy) is 2. The van der Waals surface area contributed by atoms with Gasteiger partial charge >= 0.3 is 0 Å². The van der Waals surface area contributed by atoms with Crippen LogP contribution in [-0.2, 0) is 11.2 Å². The normalized spacial score (nSPS) is 10.1. The highest BCUT2D eigenvalue weighted by molar-refractivity contribution is 5.95. The predicted octanol–water partition coefficient (Wildman–Crippen LogP) is 2.80. The standard InChI is InChI=1S/C20H24N2O4/c1-4-25-17-11-8-15(12-18(17)26-5-2)13-19(23)21-22-20(24)16-9-6-14(3)7-10-16/h6-12H,4-5,13H2,1-3H3,(H,21,23)(H,22,24). The van der Waals surface area contributed by atoms with Gasteiger partial charge in [0, 0.05) is 5.56 Å². The van der Waals surface area contributed by atoms with Gasteiger partial charge in [-0.05, 0) is 50.6 Å². The molecule has 0 radical (unpaired) electrons. The van der Waals surface area contributed by atoms with Gasteiger partial charge in [-0.1, -0.05) is 23.8 Å². The van der Waals surface area contributed by atoms with Crippen molar-refractivity contribution in [2.75, 3.05) is 13.2 Å². The largest absolute Gasteiger partial charge is 0.490 e. The van der Waals surface area contributed by atoms with Crippen molar-refractivity contribution in [3.8, 4) is 11.5 Å². The number of carbonyl (C=O) groups is 2. The molecule has 0 aliphatic heterocycles. The summed E-state index contributed by atoms with van der Waals surface area (Å²) >= 11 is 0. The molecule has 2 aromatic carbocycles. The first kappa shape index (κ1) is 19.3. The minimum absolute atomic E-state index is 0.112. The Kier molecular flexibility index (Phi) is 7.02. The van der Waals surface area contributed by atoms with Gasteiger partial charge in [-0.25, -0.2) is 0 Å². The van der Waals surface area contributed by atoms with E-state index in [1.54, 1.807) is 30.3 Å². The number of nitrogens with one attached hydrogen (secondary N) is 2. The van der Waals surface area contributed by atoms with Gasteiger partial charge in [0.05, 0.1) is 19.6 Å². The van der Waals surface area contributed by atoms with Crippen molar-refractivity contribution in [1.82, 2.24) is 10.9 Å². The SMILES string of the molecule is CCOc1ccc(CC(=O)NNC(=O)c2ccc(C)cc2)cc1OCC. The van der Waals surface area contributed by atoms with Crippen LogP contribution in [0.15, 0.2) is 42.5 Å². The van der Waals surface area contributed by atoms with Crippen LogP contribution in [-0.4, -0.2) is 25.0 Å². The molecule has 6 heteroatoms. The van der Waals surface area contributed by atoms with Crippen LogP contribution >= 0.6 is 0 Å². The summed E-state index contributed by atoms with van der Waals surface area (Å²) in [6, 6.07) is 12.4. The van der Waals surface area contributed by atoms with Crippen LogP contribution in [0.4, 0.5) is 0 Å². The van der Waals surface area contributed by atoms with Crippen LogP contribution in [0.2, 0.25) is 0 Å². The maximum atomic E-state index is 12.1. The lowest BCUT2D eigenvalue weighted by molar-refractivity contribution is -0.121. The molecule has 6 nitrogen and oxygen atoms in total. The maximum Gasteiger partial charge on any atom is 0.269 e. The molecule has 2 rings (SSSR count). The maximum absolute atomic E-state index is 12.1. The molecule has 0 unspecified atom stereocenters. The minimum Gasteiger partial charge on any atom is -0.490 e. The quantitative estimate of drug-likeness (QED) is 0.748. The Bertz CT molecular complexity index is 757. The molecule has 0 saturated carbocycles. The summed E-state index contributed by atoms with van der Waals surface area (Å²) in [6.45, 7) is 6.76. The third kappa shape index (κ3) is 5.51. The fourth-order valence-corrected chi connectivity index (χ4v) is 2.34. The molecule has 0 atom stereocenters. The average molecular weight is 356 g/mol. The molecule has 2 amide bonds. The lowest BCUT2D eigenvalue weighted by Gasteiger charge is -2.12. The lowest BCUT2D eigenvalue weighted by Crippen LogP contribution is -2.42. The fourth-order valence-electron chi connectivity index (χ4n) is 2.34. The van der Waals surface area contributed by atoms with Gasteiger partial charge in [0.1, 0.15) is 0 Å². The number of carbonyl (C=O) groups excluding carboxylic acids is 2. The van der Waals surface area contributed by atoms with Crippen LogP contribution in [0.25, 0.3) is 0 Å². The van der Waals surface area contributed by atoms with Gasteiger partial charge in [0.2, 0.25) is 5.91 Å². The highest BCUT2D eigenvalue weighted by atomic mass is 16.5. The molecule has 2 N–H and O–H groups in total. The Balaban J connectivity index is 1.93. The molecule has 26 heavy (non-hydrogen) atoms. The van der Waals surface area contributed by atoms with Crippen molar-refractivity contribution in [2.24, 2.45) is 0 Å². The first-order valence-corrected chi connectivity index (χ1v) is 8.57. The second kappa shape index (κ2) is 9.46. The highest BCUT2D eigenvalue weighted by Crippen LogP contribution is 2.28. The molecule has 0 aliphatic carbocycles. The molecular weight excluding hydrogens is 332 g/mol. The van der Waals surface area contributed by atoms with E-state index in [2.05, 4.69) is 10.9 Å². The summed E-state index contributed by atoms with van der Waals surface area (Å²) in [5.74, 6) is 0.562. The third-order valence-electron chi connectivity index (χ3n) is 3.60. The Morgan fingerprint density at radius 2 is 1.54 bits per heavy atom. The summed E-state index contributed by atoms with van der Waals surface area (Å²) in [5, 5.41) is 0. The number of hydrogen-bond donors (Lipinski definition) is 2. The van der Waals surface area contributed by atoms with Crippen molar-refractivity contribution in [2.45, 2.75) is 27.2 Å². The zero-order chi connectivity index (χ0) is 18.9. The number of rotatable bonds is 7. The third-order valence-corrected chi connectivity index (χ3v) is 3.60. The van der Waals surface area contributed by atoms with Crippen molar-refractivity contribution in [3.63, 3.8) is 0 Å². The van der Waals surface area contributed by atoms with Gasteiger partial charge in [-0.2, -0.15) is 0 Å². The Morgan fingerprint density at radius 1 is 0.885 bits per heavy atom. The molecule has 0 saturated heterocycles. The summed E-state index contributed by atoms with van der Waals surface area (Å²) in [4.78, 5) is 24.1.